The lowest BCUT2D eigenvalue weighted by Crippen LogP contribution is -2.37. The van der Waals surface area contributed by atoms with Gasteiger partial charge < -0.3 is 14.8 Å². The Morgan fingerprint density at radius 1 is 1.39 bits per heavy atom. The summed E-state index contributed by atoms with van der Waals surface area (Å²) in [7, 11) is 0. The van der Waals surface area contributed by atoms with Gasteiger partial charge in [0.2, 0.25) is 0 Å². The summed E-state index contributed by atoms with van der Waals surface area (Å²) in [6.45, 7) is 6.76. The fourth-order valence-corrected chi connectivity index (χ4v) is 2.05. The van der Waals surface area contributed by atoms with Crippen LogP contribution in [0.3, 0.4) is 0 Å². The highest BCUT2D eigenvalue weighted by Crippen LogP contribution is 2.12. The van der Waals surface area contributed by atoms with Crippen LogP contribution in [0.4, 0.5) is 0 Å². The Hall–Kier alpha value is -1.06. The standard InChI is InChI=1S/C15H23NO2/c1-12-5-7-14(8-6-12)18-11-13(2)16-10-15-4-3-9-17-15/h5-8,13,15-16H,3-4,9-11H2,1-2H3. The van der Waals surface area contributed by atoms with Crippen LogP contribution in [0.2, 0.25) is 0 Å². The maximum atomic E-state index is 5.73. The largest absolute Gasteiger partial charge is 0.492 e. The molecular formula is C15H23NO2. The fraction of sp³-hybridized carbons (Fsp3) is 0.600. The maximum Gasteiger partial charge on any atom is 0.119 e. The number of hydrogen-bond donors (Lipinski definition) is 1. The third-order valence-corrected chi connectivity index (χ3v) is 3.24. The molecule has 0 aromatic heterocycles. The molecule has 0 radical (unpaired) electrons. The first-order valence-corrected chi connectivity index (χ1v) is 6.78. The van der Waals surface area contributed by atoms with Gasteiger partial charge in [0.1, 0.15) is 12.4 Å². The molecule has 0 aliphatic carbocycles. The Bertz CT molecular complexity index is 344. The van der Waals surface area contributed by atoms with Crippen molar-refractivity contribution in [1.82, 2.24) is 5.32 Å². The van der Waals surface area contributed by atoms with Crippen LogP contribution in [0.25, 0.3) is 0 Å². The zero-order chi connectivity index (χ0) is 12.8. The van der Waals surface area contributed by atoms with Crippen LogP contribution in [-0.2, 0) is 4.74 Å². The molecule has 2 rings (SSSR count). The molecule has 0 bridgehead atoms. The van der Waals surface area contributed by atoms with E-state index in [0.717, 1.165) is 18.9 Å². The molecule has 100 valence electrons. The van der Waals surface area contributed by atoms with Crippen LogP contribution in [0, 0.1) is 6.92 Å². The highest BCUT2D eigenvalue weighted by atomic mass is 16.5. The van der Waals surface area contributed by atoms with Gasteiger partial charge in [0.05, 0.1) is 6.10 Å². The van der Waals surface area contributed by atoms with E-state index in [9.17, 15) is 0 Å². The molecule has 1 aromatic rings. The molecule has 1 aliphatic heterocycles. The molecule has 1 heterocycles. The Morgan fingerprint density at radius 2 is 2.17 bits per heavy atom. The minimum Gasteiger partial charge on any atom is -0.492 e. The van der Waals surface area contributed by atoms with Crippen LogP contribution in [-0.4, -0.2) is 31.9 Å². The maximum absolute atomic E-state index is 5.73. The molecule has 0 spiro atoms. The first-order valence-electron chi connectivity index (χ1n) is 6.78. The van der Waals surface area contributed by atoms with E-state index < -0.39 is 0 Å². The Kier molecular flexibility index (Phi) is 5.02. The zero-order valence-electron chi connectivity index (χ0n) is 11.3. The molecule has 2 atom stereocenters. The topological polar surface area (TPSA) is 30.5 Å². The van der Waals surface area contributed by atoms with Gasteiger partial charge in [-0.1, -0.05) is 17.7 Å². The third kappa shape index (κ3) is 4.31. The van der Waals surface area contributed by atoms with Gasteiger partial charge in [-0.2, -0.15) is 0 Å². The quantitative estimate of drug-likeness (QED) is 0.840. The molecule has 1 N–H and O–H groups in total. The van der Waals surface area contributed by atoms with Crippen molar-refractivity contribution >= 4 is 0 Å². The van der Waals surface area contributed by atoms with E-state index in [4.69, 9.17) is 9.47 Å². The van der Waals surface area contributed by atoms with E-state index in [-0.39, 0.29) is 0 Å². The number of benzene rings is 1. The van der Waals surface area contributed by atoms with Gasteiger partial charge in [-0.25, -0.2) is 0 Å². The van der Waals surface area contributed by atoms with Crippen molar-refractivity contribution in [2.24, 2.45) is 0 Å². The lowest BCUT2D eigenvalue weighted by molar-refractivity contribution is 0.105. The first kappa shape index (κ1) is 13.4. The molecule has 18 heavy (non-hydrogen) atoms. The number of aryl methyl sites for hydroxylation is 1. The molecule has 3 nitrogen and oxygen atoms in total. The van der Waals surface area contributed by atoms with Crippen molar-refractivity contribution < 1.29 is 9.47 Å². The molecule has 0 saturated carbocycles. The smallest absolute Gasteiger partial charge is 0.119 e. The minimum atomic E-state index is 0.343. The van der Waals surface area contributed by atoms with Gasteiger partial charge in [-0.15, -0.1) is 0 Å². The number of ether oxygens (including phenoxy) is 2. The normalized spacial score (nSPS) is 20.9. The summed E-state index contributed by atoms with van der Waals surface area (Å²) in [6, 6.07) is 8.51. The van der Waals surface area contributed by atoms with E-state index in [0.29, 0.717) is 18.8 Å². The van der Waals surface area contributed by atoms with Crippen molar-refractivity contribution in [1.29, 1.82) is 0 Å². The first-order chi connectivity index (χ1) is 8.74. The van der Waals surface area contributed by atoms with Gasteiger partial charge in [0.25, 0.3) is 0 Å². The van der Waals surface area contributed by atoms with E-state index in [1.54, 1.807) is 0 Å². The highest BCUT2D eigenvalue weighted by molar-refractivity contribution is 5.26. The van der Waals surface area contributed by atoms with E-state index in [1.165, 1.54) is 18.4 Å². The summed E-state index contributed by atoms with van der Waals surface area (Å²) in [5.41, 5.74) is 1.26. The minimum absolute atomic E-state index is 0.343. The monoisotopic (exact) mass is 249 g/mol. The molecule has 1 aliphatic rings. The second kappa shape index (κ2) is 6.76. The van der Waals surface area contributed by atoms with Crippen molar-refractivity contribution in [2.75, 3.05) is 19.8 Å². The molecule has 0 amide bonds. The van der Waals surface area contributed by atoms with Crippen molar-refractivity contribution in [3.63, 3.8) is 0 Å². The Morgan fingerprint density at radius 3 is 2.83 bits per heavy atom. The van der Waals surface area contributed by atoms with E-state index in [2.05, 4.69) is 31.3 Å². The molecule has 1 fully saturated rings. The summed E-state index contributed by atoms with van der Waals surface area (Å²) in [4.78, 5) is 0. The van der Waals surface area contributed by atoms with Gasteiger partial charge in [0.15, 0.2) is 0 Å². The Balaban J connectivity index is 1.64. The molecule has 1 saturated heterocycles. The van der Waals surface area contributed by atoms with Crippen LogP contribution in [0.1, 0.15) is 25.3 Å². The molecule has 2 unspecified atom stereocenters. The van der Waals surface area contributed by atoms with Crippen LogP contribution in [0.15, 0.2) is 24.3 Å². The zero-order valence-corrected chi connectivity index (χ0v) is 11.3. The lowest BCUT2D eigenvalue weighted by atomic mass is 10.2. The van der Waals surface area contributed by atoms with Crippen LogP contribution < -0.4 is 10.1 Å². The average molecular weight is 249 g/mol. The van der Waals surface area contributed by atoms with Gasteiger partial charge in [-0.3, -0.25) is 0 Å². The average Bonchev–Trinajstić information content (AvgIpc) is 2.89. The van der Waals surface area contributed by atoms with Gasteiger partial charge in [0, 0.05) is 19.2 Å². The SMILES string of the molecule is Cc1ccc(OCC(C)NCC2CCCO2)cc1. The summed E-state index contributed by atoms with van der Waals surface area (Å²) < 4.78 is 11.3. The summed E-state index contributed by atoms with van der Waals surface area (Å²) in [5, 5.41) is 3.46. The number of rotatable bonds is 6. The second-order valence-electron chi connectivity index (χ2n) is 5.07. The van der Waals surface area contributed by atoms with Crippen molar-refractivity contribution in [3.8, 4) is 5.75 Å². The van der Waals surface area contributed by atoms with Crippen LogP contribution >= 0.6 is 0 Å². The summed E-state index contributed by atoms with van der Waals surface area (Å²) >= 11 is 0. The van der Waals surface area contributed by atoms with Crippen molar-refractivity contribution in [3.05, 3.63) is 29.8 Å². The summed E-state index contributed by atoms with van der Waals surface area (Å²) in [6.07, 6.45) is 2.77. The lowest BCUT2D eigenvalue weighted by Gasteiger charge is -2.17. The van der Waals surface area contributed by atoms with Gasteiger partial charge in [-0.05, 0) is 38.8 Å². The predicted molar refractivity (Wildman–Crippen MR) is 73.1 cm³/mol. The predicted octanol–water partition coefficient (Wildman–Crippen LogP) is 2.53. The van der Waals surface area contributed by atoms with Crippen LogP contribution in [0.5, 0.6) is 5.75 Å². The second-order valence-corrected chi connectivity index (χ2v) is 5.07. The molecule has 1 aromatic carbocycles. The van der Waals surface area contributed by atoms with E-state index >= 15 is 0 Å². The fourth-order valence-electron chi connectivity index (χ4n) is 2.05. The molecular weight excluding hydrogens is 226 g/mol. The molecule has 3 heteroatoms. The van der Waals surface area contributed by atoms with E-state index in [1.807, 2.05) is 12.1 Å². The number of nitrogens with one attached hydrogen (secondary N) is 1. The van der Waals surface area contributed by atoms with Gasteiger partial charge >= 0.3 is 0 Å². The van der Waals surface area contributed by atoms with Crippen molar-refractivity contribution in [2.45, 2.75) is 38.8 Å². The number of hydrogen-bond acceptors (Lipinski definition) is 3. The third-order valence-electron chi connectivity index (χ3n) is 3.24. The summed E-state index contributed by atoms with van der Waals surface area (Å²) in [5.74, 6) is 0.936. The highest BCUT2D eigenvalue weighted by Gasteiger charge is 2.15. The Labute approximate surface area is 109 Å².